The molecule has 50 valence electrons. The molecule has 2 nitrogen and oxygen atoms in total. The van der Waals surface area contributed by atoms with Crippen molar-refractivity contribution in [2.45, 2.75) is 13.1 Å². The molecule has 0 spiro atoms. The van der Waals surface area contributed by atoms with Crippen LogP contribution in [0.3, 0.4) is 0 Å². The van der Waals surface area contributed by atoms with Crippen molar-refractivity contribution in [2.75, 3.05) is 0 Å². The lowest BCUT2D eigenvalue weighted by Crippen LogP contribution is -1.94. The van der Waals surface area contributed by atoms with Gasteiger partial charge in [0.2, 0.25) is 0 Å². The molecule has 1 aliphatic heterocycles. The third-order valence-corrected chi connectivity index (χ3v) is 1.70. The van der Waals surface area contributed by atoms with Crippen molar-refractivity contribution >= 4 is 0 Å². The van der Waals surface area contributed by atoms with Crippen molar-refractivity contribution < 1.29 is 0 Å². The summed E-state index contributed by atoms with van der Waals surface area (Å²) in [6.45, 7) is 1.52. The first-order chi connectivity index (χ1) is 4.97. The fourth-order valence-corrected chi connectivity index (χ4v) is 1.12. The van der Waals surface area contributed by atoms with Gasteiger partial charge in [0.05, 0.1) is 13.1 Å². The van der Waals surface area contributed by atoms with Crippen molar-refractivity contribution in [3.63, 3.8) is 0 Å². The molecule has 0 aromatic heterocycles. The van der Waals surface area contributed by atoms with Gasteiger partial charge in [-0.05, 0) is 11.1 Å². The number of hydrogen-bond donors (Lipinski definition) is 0. The van der Waals surface area contributed by atoms with Gasteiger partial charge in [0.15, 0.2) is 0 Å². The minimum Gasteiger partial charge on any atom is -0.189 e. The predicted molar refractivity (Wildman–Crippen MR) is 38.7 cm³/mol. The van der Waals surface area contributed by atoms with E-state index >= 15 is 0 Å². The van der Waals surface area contributed by atoms with Crippen LogP contribution in [0.15, 0.2) is 34.5 Å². The van der Waals surface area contributed by atoms with Gasteiger partial charge in [-0.3, -0.25) is 0 Å². The standard InChI is InChI=1S/C8H8N2/c1-2-4-8-6-10-9-5-7(8)3-1/h1-4H,5-6H2. The molecule has 0 saturated carbocycles. The first-order valence-electron chi connectivity index (χ1n) is 3.37. The molecule has 2 rings (SSSR count). The second-order valence-corrected chi connectivity index (χ2v) is 2.37. The highest BCUT2D eigenvalue weighted by Gasteiger charge is 2.02. The van der Waals surface area contributed by atoms with E-state index in [2.05, 4.69) is 22.4 Å². The minimum absolute atomic E-state index is 0.760. The second kappa shape index (κ2) is 2.21. The van der Waals surface area contributed by atoms with E-state index in [0.717, 1.165) is 13.1 Å². The molecule has 0 fully saturated rings. The lowest BCUT2D eigenvalue weighted by Gasteiger charge is -2.07. The minimum atomic E-state index is 0.760. The topological polar surface area (TPSA) is 24.7 Å². The van der Waals surface area contributed by atoms with Gasteiger partial charge in [-0.15, -0.1) is 0 Å². The Balaban J connectivity index is 2.47. The maximum Gasteiger partial charge on any atom is 0.0852 e. The molecule has 1 aliphatic rings. The molecule has 2 heteroatoms. The van der Waals surface area contributed by atoms with E-state index in [1.807, 2.05) is 12.1 Å². The van der Waals surface area contributed by atoms with Crippen LogP contribution in [-0.2, 0) is 13.1 Å². The molecule has 1 heterocycles. The zero-order chi connectivity index (χ0) is 6.81. The first kappa shape index (κ1) is 5.59. The molecule has 1 aromatic rings. The van der Waals surface area contributed by atoms with E-state index in [1.54, 1.807) is 0 Å². The van der Waals surface area contributed by atoms with E-state index in [0.29, 0.717) is 0 Å². The molecule has 0 aliphatic carbocycles. The highest BCUT2D eigenvalue weighted by Crippen LogP contribution is 2.15. The smallest absolute Gasteiger partial charge is 0.0852 e. The predicted octanol–water partition coefficient (Wildman–Crippen LogP) is 2.15. The highest BCUT2D eigenvalue weighted by atomic mass is 15.1. The average molecular weight is 132 g/mol. The molecule has 0 radical (unpaired) electrons. The Morgan fingerprint density at radius 1 is 0.900 bits per heavy atom. The summed E-state index contributed by atoms with van der Waals surface area (Å²) in [4.78, 5) is 0. The monoisotopic (exact) mass is 132 g/mol. The number of benzene rings is 1. The molecule has 0 bridgehead atoms. The van der Waals surface area contributed by atoms with Crippen LogP contribution in [0.25, 0.3) is 0 Å². The Hall–Kier alpha value is -1.18. The third-order valence-electron chi connectivity index (χ3n) is 1.70. The summed E-state index contributed by atoms with van der Waals surface area (Å²) in [7, 11) is 0. The first-order valence-corrected chi connectivity index (χ1v) is 3.37. The van der Waals surface area contributed by atoms with E-state index < -0.39 is 0 Å². The van der Waals surface area contributed by atoms with Crippen molar-refractivity contribution in [3.8, 4) is 0 Å². The van der Waals surface area contributed by atoms with Gasteiger partial charge in [0, 0.05) is 0 Å². The van der Waals surface area contributed by atoms with Gasteiger partial charge >= 0.3 is 0 Å². The van der Waals surface area contributed by atoms with E-state index in [4.69, 9.17) is 0 Å². The number of azo groups is 1. The largest absolute Gasteiger partial charge is 0.189 e. The number of rotatable bonds is 0. The molecule has 10 heavy (non-hydrogen) atoms. The zero-order valence-corrected chi connectivity index (χ0v) is 5.62. The van der Waals surface area contributed by atoms with Crippen molar-refractivity contribution in [1.29, 1.82) is 0 Å². The summed E-state index contributed by atoms with van der Waals surface area (Å²) in [6, 6.07) is 8.29. The Bertz CT molecular complexity index is 239. The molecule has 0 amide bonds. The van der Waals surface area contributed by atoms with Gasteiger partial charge in [-0.2, -0.15) is 10.2 Å². The second-order valence-electron chi connectivity index (χ2n) is 2.37. The number of fused-ring (bicyclic) bond motifs is 1. The maximum absolute atomic E-state index is 3.94. The van der Waals surface area contributed by atoms with E-state index in [9.17, 15) is 0 Å². The molecule has 0 N–H and O–H groups in total. The third kappa shape index (κ3) is 0.817. The number of nitrogens with zero attached hydrogens (tertiary/aromatic N) is 2. The summed E-state index contributed by atoms with van der Waals surface area (Å²) in [5, 5.41) is 7.89. The molecule has 0 atom stereocenters. The van der Waals surface area contributed by atoms with Crippen molar-refractivity contribution in [1.82, 2.24) is 0 Å². The van der Waals surface area contributed by atoms with E-state index in [1.165, 1.54) is 11.1 Å². The van der Waals surface area contributed by atoms with Gasteiger partial charge in [0.25, 0.3) is 0 Å². The molecule has 0 unspecified atom stereocenters. The molecular formula is C8H8N2. The Labute approximate surface area is 59.6 Å². The van der Waals surface area contributed by atoms with Crippen molar-refractivity contribution in [3.05, 3.63) is 35.4 Å². The van der Waals surface area contributed by atoms with Gasteiger partial charge in [-0.25, -0.2) is 0 Å². The van der Waals surface area contributed by atoms with E-state index in [-0.39, 0.29) is 0 Å². The van der Waals surface area contributed by atoms with Crippen LogP contribution < -0.4 is 0 Å². The van der Waals surface area contributed by atoms with Gasteiger partial charge in [0.1, 0.15) is 0 Å². The van der Waals surface area contributed by atoms with Crippen molar-refractivity contribution in [2.24, 2.45) is 10.2 Å². The van der Waals surface area contributed by atoms with Crippen LogP contribution in [0.2, 0.25) is 0 Å². The summed E-state index contributed by atoms with van der Waals surface area (Å²) in [5.74, 6) is 0. The summed E-state index contributed by atoms with van der Waals surface area (Å²) in [6.07, 6.45) is 0. The van der Waals surface area contributed by atoms with Crippen LogP contribution in [0, 0.1) is 0 Å². The summed E-state index contributed by atoms with van der Waals surface area (Å²) >= 11 is 0. The quantitative estimate of drug-likeness (QED) is 0.516. The molecular weight excluding hydrogens is 124 g/mol. The van der Waals surface area contributed by atoms with Crippen LogP contribution in [0.1, 0.15) is 11.1 Å². The summed E-state index contributed by atoms with van der Waals surface area (Å²) in [5.41, 5.74) is 2.63. The zero-order valence-electron chi connectivity index (χ0n) is 5.62. The van der Waals surface area contributed by atoms with Gasteiger partial charge in [-0.1, -0.05) is 24.3 Å². The Morgan fingerprint density at radius 3 is 1.90 bits per heavy atom. The lowest BCUT2D eigenvalue weighted by atomic mass is 10.1. The fourth-order valence-electron chi connectivity index (χ4n) is 1.12. The molecule has 0 saturated heterocycles. The van der Waals surface area contributed by atoms with Crippen LogP contribution >= 0.6 is 0 Å². The Morgan fingerprint density at radius 2 is 1.40 bits per heavy atom. The lowest BCUT2D eigenvalue weighted by molar-refractivity contribution is 0.790. The van der Waals surface area contributed by atoms with Gasteiger partial charge < -0.3 is 0 Å². The van der Waals surface area contributed by atoms with Crippen LogP contribution in [-0.4, -0.2) is 0 Å². The maximum atomic E-state index is 3.94. The molecule has 1 aromatic carbocycles. The normalized spacial score (nSPS) is 14.8. The fraction of sp³-hybridized carbons (Fsp3) is 0.250. The van der Waals surface area contributed by atoms with Crippen LogP contribution in [0.5, 0.6) is 0 Å². The summed E-state index contributed by atoms with van der Waals surface area (Å²) < 4.78 is 0. The highest BCUT2D eigenvalue weighted by molar-refractivity contribution is 5.27. The number of hydrogen-bond acceptors (Lipinski definition) is 2. The average Bonchev–Trinajstić information content (AvgIpc) is 2.05. The SMILES string of the molecule is c1ccc2c(c1)CN=NC2. The van der Waals surface area contributed by atoms with Crippen LogP contribution in [0.4, 0.5) is 0 Å². The Kier molecular flexibility index (Phi) is 1.24.